The molecule has 0 aliphatic heterocycles. The van der Waals surface area contributed by atoms with E-state index in [0.29, 0.717) is 0 Å². The van der Waals surface area contributed by atoms with Crippen LogP contribution in [0.2, 0.25) is 0 Å². The predicted octanol–water partition coefficient (Wildman–Crippen LogP) is 18.5. The zero-order chi connectivity index (χ0) is 46.6. The molecular weight excluding hydrogens is 863 g/mol. The summed E-state index contributed by atoms with van der Waals surface area (Å²) in [5.41, 5.74) is 26.3. The highest BCUT2D eigenvalue weighted by atomic mass is 32.1. The monoisotopic (exact) mass is 909 g/mol. The van der Waals surface area contributed by atoms with E-state index in [1.807, 2.05) is 11.3 Å². The van der Waals surface area contributed by atoms with Gasteiger partial charge in [-0.3, -0.25) is 0 Å². The summed E-state index contributed by atoms with van der Waals surface area (Å²) in [7, 11) is 0. The highest BCUT2D eigenvalue weighted by molar-refractivity contribution is 7.19. The number of hydrogen-bond donors (Lipinski definition) is 0. The molecule has 2 heteroatoms. The van der Waals surface area contributed by atoms with Crippen molar-refractivity contribution in [2.45, 2.75) is 24.7 Å². The van der Waals surface area contributed by atoms with Gasteiger partial charge in [0.1, 0.15) is 0 Å². The lowest BCUT2D eigenvalue weighted by Gasteiger charge is -2.31. The first-order valence-corrected chi connectivity index (χ1v) is 25.2. The van der Waals surface area contributed by atoms with E-state index in [4.69, 9.17) is 0 Å². The van der Waals surface area contributed by atoms with E-state index >= 15 is 0 Å². The van der Waals surface area contributed by atoms with E-state index < -0.39 is 5.41 Å². The van der Waals surface area contributed by atoms with Gasteiger partial charge >= 0.3 is 0 Å². The van der Waals surface area contributed by atoms with Gasteiger partial charge in [0.15, 0.2) is 0 Å². The molecule has 1 nitrogen and oxygen atoms in total. The van der Waals surface area contributed by atoms with Crippen LogP contribution in [-0.2, 0) is 10.8 Å². The lowest BCUT2D eigenvalue weighted by atomic mass is 9.70. The Morgan fingerprint density at radius 2 is 0.714 bits per heavy atom. The standard InChI is InChI=1S/C68H47NS/c1-67(2)58-27-15-12-24-53(58)56-40-39-52(43-62(56)67)69(50-35-30-45(31-36-50)44-18-6-3-7-19-44)51-37-32-46(33-38-51)49-34-41-61-57(42-49)63-64(68(61)59-28-16-13-25-54(59)55-26-14-17-29-60(55)68)66(48-22-10-5-11-23-48)70-65(63)47-20-8-4-9-21-47/h3-43H,1-2H3. The van der Waals surface area contributed by atoms with Crippen molar-refractivity contribution in [3.63, 3.8) is 0 Å². The number of thiophene rings is 1. The molecule has 11 aromatic rings. The molecule has 330 valence electrons. The number of rotatable bonds is 7. The van der Waals surface area contributed by atoms with Crippen LogP contribution >= 0.6 is 11.3 Å². The number of hydrogen-bond acceptors (Lipinski definition) is 2. The van der Waals surface area contributed by atoms with Gasteiger partial charge in [0.25, 0.3) is 0 Å². The highest BCUT2D eigenvalue weighted by Gasteiger charge is 2.54. The number of fused-ring (bicyclic) bond motifs is 13. The van der Waals surface area contributed by atoms with Crippen LogP contribution in [0.5, 0.6) is 0 Å². The number of benzene rings is 10. The molecule has 3 aliphatic carbocycles. The summed E-state index contributed by atoms with van der Waals surface area (Å²) in [6.07, 6.45) is 0. The molecule has 0 fully saturated rings. The summed E-state index contributed by atoms with van der Waals surface area (Å²) in [6, 6.07) is 92.7. The Morgan fingerprint density at radius 1 is 0.300 bits per heavy atom. The minimum Gasteiger partial charge on any atom is -0.310 e. The molecule has 0 bridgehead atoms. The Bertz CT molecular complexity index is 3780. The van der Waals surface area contributed by atoms with Crippen molar-refractivity contribution in [3.8, 4) is 76.5 Å². The van der Waals surface area contributed by atoms with Crippen LogP contribution in [0.15, 0.2) is 249 Å². The van der Waals surface area contributed by atoms with Gasteiger partial charge in [0, 0.05) is 37.8 Å². The Balaban J connectivity index is 0.937. The molecule has 0 radical (unpaired) electrons. The van der Waals surface area contributed by atoms with Gasteiger partial charge in [-0.25, -0.2) is 0 Å². The van der Waals surface area contributed by atoms with Crippen molar-refractivity contribution < 1.29 is 0 Å². The molecule has 3 aliphatic rings. The zero-order valence-corrected chi connectivity index (χ0v) is 39.8. The van der Waals surface area contributed by atoms with E-state index in [1.54, 1.807) is 0 Å². The van der Waals surface area contributed by atoms with Crippen LogP contribution in [0, 0.1) is 0 Å². The van der Waals surface area contributed by atoms with Crippen molar-refractivity contribution in [1.82, 2.24) is 0 Å². The summed E-state index contributed by atoms with van der Waals surface area (Å²) in [4.78, 5) is 5.07. The first-order valence-electron chi connectivity index (χ1n) is 24.4. The predicted molar refractivity (Wildman–Crippen MR) is 295 cm³/mol. The Morgan fingerprint density at radius 3 is 1.30 bits per heavy atom. The van der Waals surface area contributed by atoms with E-state index in [9.17, 15) is 0 Å². The Hall–Kier alpha value is -8.30. The third kappa shape index (κ3) is 5.90. The van der Waals surface area contributed by atoms with Gasteiger partial charge in [-0.15, -0.1) is 11.3 Å². The van der Waals surface area contributed by atoms with Crippen molar-refractivity contribution in [3.05, 3.63) is 282 Å². The van der Waals surface area contributed by atoms with Crippen LogP contribution < -0.4 is 4.90 Å². The Kier molecular flexibility index (Phi) is 9.09. The van der Waals surface area contributed by atoms with E-state index in [-0.39, 0.29) is 5.41 Å². The molecule has 1 aromatic heterocycles. The summed E-state index contributed by atoms with van der Waals surface area (Å²) < 4.78 is 0. The molecule has 10 aromatic carbocycles. The van der Waals surface area contributed by atoms with Crippen molar-refractivity contribution in [2.75, 3.05) is 4.90 Å². The van der Waals surface area contributed by atoms with E-state index in [2.05, 4.69) is 267 Å². The third-order valence-corrected chi connectivity index (χ3v) is 16.8. The molecule has 1 heterocycles. The van der Waals surface area contributed by atoms with Gasteiger partial charge in [-0.05, 0) is 137 Å². The molecule has 0 saturated heterocycles. The minimum atomic E-state index is -0.475. The average molecular weight is 910 g/mol. The maximum Gasteiger partial charge on any atom is 0.0740 e. The highest BCUT2D eigenvalue weighted by Crippen LogP contribution is 2.68. The van der Waals surface area contributed by atoms with Gasteiger partial charge in [-0.1, -0.05) is 220 Å². The summed E-state index contributed by atoms with van der Waals surface area (Å²) in [5.74, 6) is 0. The van der Waals surface area contributed by atoms with Gasteiger partial charge in [0.2, 0.25) is 0 Å². The normalized spacial score (nSPS) is 13.8. The lowest BCUT2D eigenvalue weighted by molar-refractivity contribution is 0.660. The largest absolute Gasteiger partial charge is 0.310 e. The second-order valence-corrected chi connectivity index (χ2v) is 20.6. The minimum absolute atomic E-state index is 0.117. The fourth-order valence-electron chi connectivity index (χ4n) is 12.3. The molecule has 0 atom stereocenters. The van der Waals surface area contributed by atoms with Gasteiger partial charge in [0.05, 0.1) is 5.41 Å². The molecule has 0 saturated carbocycles. The summed E-state index contributed by atoms with van der Waals surface area (Å²) in [6.45, 7) is 4.73. The Labute approximate surface area is 414 Å². The van der Waals surface area contributed by atoms with Crippen LogP contribution in [0.25, 0.3) is 76.5 Å². The molecule has 0 unspecified atom stereocenters. The fourth-order valence-corrected chi connectivity index (χ4v) is 13.7. The second-order valence-electron chi connectivity index (χ2n) is 19.5. The van der Waals surface area contributed by atoms with Gasteiger partial charge in [-0.2, -0.15) is 0 Å². The quantitative estimate of drug-likeness (QED) is 0.154. The van der Waals surface area contributed by atoms with E-state index in [1.165, 1.54) is 110 Å². The molecule has 1 spiro atoms. The SMILES string of the molecule is CC1(C)c2ccccc2-c2ccc(N(c3ccc(-c4ccccc4)cc3)c3ccc(-c4ccc5c(c4)-c4c(-c6ccccc6)sc(-c6ccccc6)c4C54c5ccccc5-c5ccccc54)cc3)cc21. The maximum atomic E-state index is 2.50. The third-order valence-electron chi connectivity index (χ3n) is 15.5. The van der Waals surface area contributed by atoms with Crippen molar-refractivity contribution in [1.29, 1.82) is 0 Å². The molecule has 0 amide bonds. The summed E-state index contributed by atoms with van der Waals surface area (Å²) in [5, 5.41) is 0. The van der Waals surface area contributed by atoms with Crippen LogP contribution in [-0.4, -0.2) is 0 Å². The molecular formula is C68H47NS. The summed E-state index contributed by atoms with van der Waals surface area (Å²) >= 11 is 1.94. The average Bonchev–Trinajstić information content (AvgIpc) is 4.12. The molecule has 14 rings (SSSR count). The lowest BCUT2D eigenvalue weighted by Crippen LogP contribution is -2.26. The zero-order valence-electron chi connectivity index (χ0n) is 39.0. The number of anilines is 3. The smallest absolute Gasteiger partial charge is 0.0740 e. The van der Waals surface area contributed by atoms with Crippen molar-refractivity contribution >= 4 is 28.4 Å². The maximum absolute atomic E-state index is 2.50. The fraction of sp³-hybridized carbons (Fsp3) is 0.0588. The van der Waals surface area contributed by atoms with Crippen molar-refractivity contribution in [2.24, 2.45) is 0 Å². The van der Waals surface area contributed by atoms with Crippen LogP contribution in [0.3, 0.4) is 0 Å². The topological polar surface area (TPSA) is 3.24 Å². The van der Waals surface area contributed by atoms with E-state index in [0.717, 1.165) is 17.1 Å². The first kappa shape index (κ1) is 40.7. The van der Waals surface area contributed by atoms with Crippen LogP contribution in [0.1, 0.15) is 47.2 Å². The first-order chi connectivity index (χ1) is 34.5. The molecule has 0 N–H and O–H groups in total. The number of nitrogens with zero attached hydrogens (tertiary/aromatic N) is 1. The van der Waals surface area contributed by atoms with Gasteiger partial charge < -0.3 is 4.90 Å². The molecule has 70 heavy (non-hydrogen) atoms. The van der Waals surface area contributed by atoms with Crippen LogP contribution in [0.4, 0.5) is 17.1 Å². The second kappa shape index (κ2) is 15.6.